The van der Waals surface area contributed by atoms with Crippen molar-refractivity contribution in [1.29, 1.82) is 0 Å². The molecule has 1 fully saturated rings. The smallest absolute Gasteiger partial charge is 0.228 e. The first-order valence-corrected chi connectivity index (χ1v) is 4.57. The number of ether oxygens (including phenoxy) is 2. The molecule has 0 aliphatic carbocycles. The van der Waals surface area contributed by atoms with Gasteiger partial charge >= 0.3 is 0 Å². The highest BCUT2D eigenvalue weighted by Crippen LogP contribution is 2.15. The number of hydrogen-bond donors (Lipinski definition) is 0. The molecule has 1 aliphatic heterocycles. The Labute approximate surface area is 87.6 Å². The molecule has 84 valence electrons. The molecule has 0 N–H and O–H groups in total. The Morgan fingerprint density at radius 2 is 2.00 bits per heavy atom. The van der Waals surface area contributed by atoms with Crippen molar-refractivity contribution < 1.29 is 14.3 Å². The van der Waals surface area contributed by atoms with E-state index in [2.05, 4.69) is 10.0 Å². The Morgan fingerprint density at radius 1 is 1.47 bits per heavy atom. The highest BCUT2D eigenvalue weighted by molar-refractivity contribution is 5.78. The van der Waals surface area contributed by atoms with Crippen LogP contribution in [0.3, 0.4) is 0 Å². The number of carbonyl (C=O) groups excluding carboxylic acids is 1. The number of nitrogens with zero attached hydrogens (tertiary/aromatic N) is 4. The van der Waals surface area contributed by atoms with Gasteiger partial charge in [0.25, 0.3) is 0 Å². The molecule has 15 heavy (non-hydrogen) atoms. The lowest BCUT2D eigenvalue weighted by Crippen LogP contribution is -2.31. The number of carbonyl (C=O) groups is 1. The van der Waals surface area contributed by atoms with Crippen molar-refractivity contribution in [2.75, 3.05) is 33.9 Å². The number of azide groups is 1. The molecule has 1 heterocycles. The van der Waals surface area contributed by atoms with Crippen LogP contribution in [0.15, 0.2) is 5.11 Å². The Morgan fingerprint density at radius 3 is 2.40 bits per heavy atom. The summed E-state index contributed by atoms with van der Waals surface area (Å²) in [7, 11) is 3.16. The Balaban J connectivity index is 2.52. The van der Waals surface area contributed by atoms with E-state index in [4.69, 9.17) is 15.0 Å². The van der Waals surface area contributed by atoms with E-state index in [9.17, 15) is 4.79 Å². The highest BCUT2D eigenvalue weighted by Gasteiger charge is 2.34. The summed E-state index contributed by atoms with van der Waals surface area (Å²) < 4.78 is 10.4. The molecule has 1 rings (SSSR count). The molecule has 0 bridgehead atoms. The minimum atomic E-state index is -0.200. The third kappa shape index (κ3) is 2.82. The monoisotopic (exact) mass is 214 g/mol. The average molecular weight is 214 g/mol. The van der Waals surface area contributed by atoms with Gasteiger partial charge in [0.05, 0.1) is 0 Å². The second-order valence-corrected chi connectivity index (χ2v) is 3.24. The maximum Gasteiger partial charge on any atom is 0.228 e. The van der Waals surface area contributed by atoms with Gasteiger partial charge in [0.15, 0.2) is 0 Å². The van der Waals surface area contributed by atoms with Gasteiger partial charge in [0.2, 0.25) is 5.91 Å². The number of likely N-dealkylation sites (tertiary alicyclic amines) is 1. The van der Waals surface area contributed by atoms with Crippen molar-refractivity contribution >= 4 is 5.91 Å². The molecule has 1 saturated heterocycles. The predicted molar refractivity (Wildman–Crippen MR) is 52.2 cm³/mol. The van der Waals surface area contributed by atoms with E-state index in [0.717, 1.165) is 0 Å². The van der Waals surface area contributed by atoms with E-state index >= 15 is 0 Å². The van der Waals surface area contributed by atoms with Crippen molar-refractivity contribution in [3.8, 4) is 0 Å². The molecule has 0 unspecified atom stereocenters. The van der Waals surface area contributed by atoms with Crippen LogP contribution in [0.5, 0.6) is 0 Å². The summed E-state index contributed by atoms with van der Waals surface area (Å²) in [6, 6.07) is 0. The maximum absolute atomic E-state index is 11.5. The van der Waals surface area contributed by atoms with Gasteiger partial charge in [-0.15, -0.1) is 0 Å². The molecule has 0 saturated carbocycles. The molecule has 7 nitrogen and oxygen atoms in total. The largest absolute Gasteiger partial charge is 0.377 e. The minimum absolute atomic E-state index is 0.106. The molecule has 1 aliphatic rings. The second kappa shape index (κ2) is 5.55. The van der Waals surface area contributed by atoms with Crippen LogP contribution < -0.4 is 0 Å². The topological polar surface area (TPSA) is 87.5 Å². The molecule has 1 amide bonds. The van der Waals surface area contributed by atoms with Crippen molar-refractivity contribution in [2.24, 2.45) is 5.11 Å². The summed E-state index contributed by atoms with van der Waals surface area (Å²) in [6.45, 7) is 0.812. The van der Waals surface area contributed by atoms with E-state index in [1.54, 1.807) is 19.1 Å². The lowest BCUT2D eigenvalue weighted by molar-refractivity contribution is -0.129. The third-order valence-corrected chi connectivity index (χ3v) is 2.44. The first kappa shape index (κ1) is 11.8. The summed E-state index contributed by atoms with van der Waals surface area (Å²) in [4.78, 5) is 15.6. The number of amides is 1. The second-order valence-electron chi connectivity index (χ2n) is 3.24. The van der Waals surface area contributed by atoms with Gasteiger partial charge in [-0.2, -0.15) is 0 Å². The standard InChI is InChI=1S/C8H14N4O3/c1-14-6-4-12(5-7(6)15-2)8(13)3-10-11-9/h6-7H,3-5H2,1-2H3/t6-,7-/m0/s1. The molecular weight excluding hydrogens is 200 g/mol. The van der Waals surface area contributed by atoms with Crippen molar-refractivity contribution in [1.82, 2.24) is 4.90 Å². The maximum atomic E-state index is 11.5. The quantitative estimate of drug-likeness (QED) is 0.379. The van der Waals surface area contributed by atoms with Gasteiger partial charge in [-0.05, 0) is 5.53 Å². The van der Waals surface area contributed by atoms with E-state index in [0.29, 0.717) is 13.1 Å². The van der Waals surface area contributed by atoms with Crippen LogP contribution in [0.1, 0.15) is 0 Å². The summed E-state index contributed by atoms with van der Waals surface area (Å²) in [5.41, 5.74) is 8.09. The van der Waals surface area contributed by atoms with Gasteiger partial charge in [0.1, 0.15) is 18.8 Å². The van der Waals surface area contributed by atoms with Crippen LogP contribution in [-0.2, 0) is 14.3 Å². The van der Waals surface area contributed by atoms with Crippen LogP contribution in [0, 0.1) is 0 Å². The molecule has 0 aromatic rings. The predicted octanol–water partition coefficient (Wildman–Crippen LogP) is 0.169. The number of rotatable bonds is 4. The van der Waals surface area contributed by atoms with Gasteiger partial charge in [0, 0.05) is 32.2 Å². The number of methoxy groups -OCH3 is 2. The fourth-order valence-corrected chi connectivity index (χ4v) is 1.59. The van der Waals surface area contributed by atoms with E-state index < -0.39 is 0 Å². The highest BCUT2D eigenvalue weighted by atomic mass is 16.5. The van der Waals surface area contributed by atoms with Crippen LogP contribution >= 0.6 is 0 Å². The third-order valence-electron chi connectivity index (χ3n) is 2.44. The van der Waals surface area contributed by atoms with Crippen LogP contribution in [0.2, 0.25) is 0 Å². The van der Waals surface area contributed by atoms with E-state index in [-0.39, 0.29) is 24.7 Å². The molecule has 0 aromatic heterocycles. The minimum Gasteiger partial charge on any atom is -0.377 e. The first-order valence-electron chi connectivity index (χ1n) is 4.57. The zero-order chi connectivity index (χ0) is 11.3. The molecular formula is C8H14N4O3. The molecule has 7 heteroatoms. The van der Waals surface area contributed by atoms with Crippen LogP contribution in [0.25, 0.3) is 10.4 Å². The average Bonchev–Trinajstić information content (AvgIpc) is 2.68. The van der Waals surface area contributed by atoms with E-state index in [1.807, 2.05) is 0 Å². The van der Waals surface area contributed by atoms with Gasteiger partial charge in [-0.3, -0.25) is 4.79 Å². The van der Waals surface area contributed by atoms with Gasteiger partial charge < -0.3 is 14.4 Å². The molecule has 0 spiro atoms. The van der Waals surface area contributed by atoms with Crippen molar-refractivity contribution in [2.45, 2.75) is 12.2 Å². The van der Waals surface area contributed by atoms with Crippen LogP contribution in [-0.4, -0.2) is 56.9 Å². The van der Waals surface area contributed by atoms with Gasteiger partial charge in [-0.25, -0.2) is 0 Å². The Bertz CT molecular complexity index is 265. The summed E-state index contributed by atoms with van der Waals surface area (Å²) in [5.74, 6) is -0.200. The normalized spacial score (nSPS) is 25.1. The lowest BCUT2D eigenvalue weighted by atomic mass is 10.3. The fourth-order valence-electron chi connectivity index (χ4n) is 1.59. The molecule has 0 aromatic carbocycles. The Kier molecular flexibility index (Phi) is 4.36. The SMILES string of the molecule is CO[C@H]1CN(C(=O)CN=[N+]=[N-])C[C@@H]1OC. The summed E-state index contributed by atoms with van der Waals surface area (Å²) >= 11 is 0. The van der Waals surface area contributed by atoms with E-state index in [1.165, 1.54) is 0 Å². The summed E-state index contributed by atoms with van der Waals surface area (Å²) in [5, 5.41) is 3.23. The first-order chi connectivity index (χ1) is 7.22. The van der Waals surface area contributed by atoms with Gasteiger partial charge in [-0.1, -0.05) is 5.11 Å². The summed E-state index contributed by atoms with van der Waals surface area (Å²) in [6.07, 6.45) is -0.213. The number of hydrogen-bond acceptors (Lipinski definition) is 4. The Hall–Kier alpha value is -1.30. The lowest BCUT2D eigenvalue weighted by Gasteiger charge is -2.13. The van der Waals surface area contributed by atoms with Crippen molar-refractivity contribution in [3.05, 3.63) is 10.4 Å². The zero-order valence-electron chi connectivity index (χ0n) is 8.79. The van der Waals surface area contributed by atoms with Crippen LogP contribution in [0.4, 0.5) is 0 Å². The van der Waals surface area contributed by atoms with Crippen molar-refractivity contribution in [3.63, 3.8) is 0 Å². The zero-order valence-corrected chi connectivity index (χ0v) is 8.79. The molecule has 0 radical (unpaired) electrons. The molecule has 2 atom stereocenters. The fraction of sp³-hybridized carbons (Fsp3) is 0.875.